The van der Waals surface area contributed by atoms with Crippen LogP contribution in [-0.4, -0.2) is 35.4 Å². The lowest BCUT2D eigenvalue weighted by Gasteiger charge is -2.18. The standard InChI is InChI=1S/C7H14N2O3S/c1-2-3-4-8-5-6-9(7-8)13(10,11)12/h5-6H,2-4,7H2,1H3,(H,10,11,12). The lowest BCUT2D eigenvalue weighted by atomic mass is 10.3. The summed E-state index contributed by atoms with van der Waals surface area (Å²) in [4.78, 5) is 1.84. The van der Waals surface area contributed by atoms with E-state index >= 15 is 0 Å². The highest BCUT2D eigenvalue weighted by Crippen LogP contribution is 2.10. The molecule has 0 atom stereocenters. The topological polar surface area (TPSA) is 60.9 Å². The molecule has 0 spiro atoms. The molecule has 0 saturated heterocycles. The van der Waals surface area contributed by atoms with Gasteiger partial charge in [-0.1, -0.05) is 13.3 Å². The molecule has 1 aliphatic rings. The van der Waals surface area contributed by atoms with Crippen molar-refractivity contribution in [1.82, 2.24) is 9.21 Å². The second-order valence-electron chi connectivity index (χ2n) is 2.97. The lowest BCUT2D eigenvalue weighted by Crippen LogP contribution is -2.30. The molecule has 0 unspecified atom stereocenters. The molecule has 0 saturated carbocycles. The third kappa shape index (κ3) is 2.89. The largest absolute Gasteiger partial charge is 0.361 e. The summed E-state index contributed by atoms with van der Waals surface area (Å²) in [5, 5.41) is 0. The van der Waals surface area contributed by atoms with Crippen molar-refractivity contribution in [3.05, 3.63) is 12.4 Å². The summed E-state index contributed by atoms with van der Waals surface area (Å²) in [7, 11) is -4.06. The van der Waals surface area contributed by atoms with Crippen molar-refractivity contribution < 1.29 is 13.0 Å². The van der Waals surface area contributed by atoms with Crippen molar-refractivity contribution >= 4 is 10.3 Å². The Morgan fingerprint density at radius 3 is 2.62 bits per heavy atom. The number of nitrogens with zero attached hydrogens (tertiary/aromatic N) is 2. The first-order valence-electron chi connectivity index (χ1n) is 4.20. The van der Waals surface area contributed by atoms with Crippen LogP contribution in [-0.2, 0) is 10.3 Å². The third-order valence-corrected chi connectivity index (χ3v) is 2.69. The molecule has 1 rings (SSSR count). The van der Waals surface area contributed by atoms with Gasteiger partial charge in [-0.3, -0.25) is 4.55 Å². The van der Waals surface area contributed by atoms with Crippen LogP contribution in [0.3, 0.4) is 0 Å². The zero-order valence-electron chi connectivity index (χ0n) is 7.55. The summed E-state index contributed by atoms with van der Waals surface area (Å²) in [5.74, 6) is 0. The molecule has 1 N–H and O–H groups in total. The Bertz CT molecular complexity index is 286. The van der Waals surface area contributed by atoms with Crippen molar-refractivity contribution in [3.63, 3.8) is 0 Å². The molecule has 0 aromatic carbocycles. The van der Waals surface area contributed by atoms with Gasteiger partial charge in [0.2, 0.25) is 0 Å². The van der Waals surface area contributed by atoms with Crippen LogP contribution in [0.4, 0.5) is 0 Å². The van der Waals surface area contributed by atoms with E-state index < -0.39 is 10.3 Å². The van der Waals surface area contributed by atoms with E-state index in [4.69, 9.17) is 4.55 Å². The van der Waals surface area contributed by atoms with Gasteiger partial charge in [0.15, 0.2) is 0 Å². The molecule has 76 valence electrons. The summed E-state index contributed by atoms with van der Waals surface area (Å²) < 4.78 is 30.9. The first kappa shape index (κ1) is 10.3. The van der Waals surface area contributed by atoms with Crippen molar-refractivity contribution in [1.29, 1.82) is 0 Å². The normalized spacial score (nSPS) is 17.1. The van der Waals surface area contributed by atoms with Crippen LogP contribution in [0.5, 0.6) is 0 Å². The molecule has 0 radical (unpaired) electrons. The van der Waals surface area contributed by atoms with Gasteiger partial charge in [-0.15, -0.1) is 0 Å². The molecular weight excluding hydrogens is 192 g/mol. The van der Waals surface area contributed by atoms with Crippen LogP contribution in [0.15, 0.2) is 12.4 Å². The van der Waals surface area contributed by atoms with E-state index in [1.807, 2.05) is 4.90 Å². The molecule has 13 heavy (non-hydrogen) atoms. The molecule has 0 aromatic rings. The van der Waals surface area contributed by atoms with Crippen molar-refractivity contribution in [2.45, 2.75) is 19.8 Å². The summed E-state index contributed by atoms with van der Waals surface area (Å²) in [5.41, 5.74) is 0. The van der Waals surface area contributed by atoms with E-state index in [1.165, 1.54) is 6.20 Å². The van der Waals surface area contributed by atoms with Gasteiger partial charge in [0.25, 0.3) is 0 Å². The Balaban J connectivity index is 2.43. The summed E-state index contributed by atoms with van der Waals surface area (Å²) in [6, 6.07) is 0. The van der Waals surface area contributed by atoms with E-state index in [0.717, 1.165) is 23.7 Å². The summed E-state index contributed by atoms with van der Waals surface area (Å²) >= 11 is 0. The molecule has 1 heterocycles. The van der Waals surface area contributed by atoms with Crippen LogP contribution in [0.1, 0.15) is 19.8 Å². The maximum Gasteiger partial charge on any atom is 0.361 e. The maximum atomic E-state index is 10.7. The molecule has 0 amide bonds. The fourth-order valence-corrected chi connectivity index (χ4v) is 1.60. The predicted octanol–water partition coefficient (Wildman–Crippen LogP) is 0.636. The predicted molar refractivity (Wildman–Crippen MR) is 49.0 cm³/mol. The van der Waals surface area contributed by atoms with E-state index in [0.29, 0.717) is 0 Å². The maximum absolute atomic E-state index is 10.7. The van der Waals surface area contributed by atoms with Crippen LogP contribution in [0, 0.1) is 0 Å². The second-order valence-corrected chi connectivity index (χ2v) is 4.34. The average molecular weight is 206 g/mol. The minimum absolute atomic E-state index is 0.221. The zero-order chi connectivity index (χ0) is 9.90. The van der Waals surface area contributed by atoms with Crippen LogP contribution >= 0.6 is 0 Å². The molecule has 0 aromatic heterocycles. The summed E-state index contributed by atoms with van der Waals surface area (Å²) in [6.07, 6.45) is 5.12. The molecule has 1 aliphatic heterocycles. The van der Waals surface area contributed by atoms with E-state index in [-0.39, 0.29) is 6.67 Å². The van der Waals surface area contributed by atoms with Crippen LogP contribution in [0.25, 0.3) is 0 Å². The molecule has 5 nitrogen and oxygen atoms in total. The van der Waals surface area contributed by atoms with Gasteiger partial charge in [-0.25, -0.2) is 4.31 Å². The quantitative estimate of drug-likeness (QED) is 0.685. The van der Waals surface area contributed by atoms with E-state index in [2.05, 4.69) is 6.92 Å². The lowest BCUT2D eigenvalue weighted by molar-refractivity contribution is 0.309. The number of rotatable bonds is 4. The minimum atomic E-state index is -4.06. The molecule has 0 aliphatic carbocycles. The van der Waals surface area contributed by atoms with Crippen molar-refractivity contribution in [2.24, 2.45) is 0 Å². The van der Waals surface area contributed by atoms with Crippen molar-refractivity contribution in [2.75, 3.05) is 13.2 Å². The highest BCUT2D eigenvalue weighted by atomic mass is 32.2. The van der Waals surface area contributed by atoms with E-state index in [1.54, 1.807) is 6.20 Å². The Labute approximate surface area is 78.5 Å². The third-order valence-electron chi connectivity index (χ3n) is 1.86. The Kier molecular flexibility index (Phi) is 3.16. The highest BCUT2D eigenvalue weighted by molar-refractivity contribution is 7.83. The summed E-state index contributed by atoms with van der Waals surface area (Å²) in [6.45, 7) is 3.11. The highest BCUT2D eigenvalue weighted by Gasteiger charge is 2.20. The smallest absolute Gasteiger partial charge is 0.357 e. The van der Waals surface area contributed by atoms with Gasteiger partial charge < -0.3 is 4.90 Å². The molecule has 0 fully saturated rings. The monoisotopic (exact) mass is 206 g/mol. The van der Waals surface area contributed by atoms with Gasteiger partial charge in [-0.2, -0.15) is 8.42 Å². The fraction of sp³-hybridized carbons (Fsp3) is 0.714. The number of hydrogen-bond donors (Lipinski definition) is 1. The first-order chi connectivity index (χ1) is 6.04. The first-order valence-corrected chi connectivity index (χ1v) is 5.60. The fourth-order valence-electron chi connectivity index (χ4n) is 1.10. The number of hydrogen-bond acceptors (Lipinski definition) is 3. The van der Waals surface area contributed by atoms with Gasteiger partial charge in [0.1, 0.15) is 6.67 Å². The Morgan fingerprint density at radius 1 is 1.46 bits per heavy atom. The SMILES string of the molecule is CCCCN1C=CN(S(=O)(=O)O)C1. The van der Waals surface area contributed by atoms with Crippen LogP contribution in [0.2, 0.25) is 0 Å². The number of unbranched alkanes of at least 4 members (excludes halogenated alkanes) is 1. The Morgan fingerprint density at radius 2 is 2.15 bits per heavy atom. The van der Waals surface area contributed by atoms with Gasteiger partial charge >= 0.3 is 10.3 Å². The Hall–Kier alpha value is -0.750. The minimum Gasteiger partial charge on any atom is -0.357 e. The van der Waals surface area contributed by atoms with E-state index in [9.17, 15) is 8.42 Å². The van der Waals surface area contributed by atoms with Gasteiger partial charge in [0.05, 0.1) is 0 Å². The molecule has 0 bridgehead atoms. The van der Waals surface area contributed by atoms with Gasteiger partial charge in [0, 0.05) is 18.9 Å². The second kappa shape index (κ2) is 3.97. The zero-order valence-corrected chi connectivity index (χ0v) is 8.37. The molecular formula is C7H14N2O3S. The molecule has 6 heteroatoms. The van der Waals surface area contributed by atoms with Crippen LogP contribution < -0.4 is 0 Å². The van der Waals surface area contributed by atoms with Crippen molar-refractivity contribution in [3.8, 4) is 0 Å². The average Bonchev–Trinajstić information content (AvgIpc) is 2.47. The van der Waals surface area contributed by atoms with Gasteiger partial charge in [-0.05, 0) is 6.42 Å².